The van der Waals surface area contributed by atoms with Crippen LogP contribution in [0.4, 0.5) is 10.1 Å². The highest BCUT2D eigenvalue weighted by molar-refractivity contribution is 6.02. The Morgan fingerprint density at radius 3 is 2.77 bits per heavy atom. The van der Waals surface area contributed by atoms with Gasteiger partial charge in [0.25, 0.3) is 0 Å². The third-order valence-corrected chi connectivity index (χ3v) is 3.37. The number of aromatic nitrogens is 2. The van der Waals surface area contributed by atoms with E-state index in [1.807, 2.05) is 29.7 Å². The molecule has 110 valence electrons. The fraction of sp³-hybridized carbons (Fsp3) is 0.0588. The summed E-state index contributed by atoms with van der Waals surface area (Å²) in [5.41, 5.74) is 3.22. The molecule has 3 aromatic rings. The van der Waals surface area contributed by atoms with Crippen LogP contribution in [0.5, 0.6) is 0 Å². The number of amides is 1. The van der Waals surface area contributed by atoms with Crippen molar-refractivity contribution < 1.29 is 9.18 Å². The number of benzene rings is 1. The second-order valence-corrected chi connectivity index (χ2v) is 4.86. The molecule has 0 atom stereocenters. The van der Waals surface area contributed by atoms with E-state index >= 15 is 0 Å². The van der Waals surface area contributed by atoms with E-state index in [0.717, 1.165) is 22.6 Å². The van der Waals surface area contributed by atoms with Gasteiger partial charge in [0, 0.05) is 24.2 Å². The van der Waals surface area contributed by atoms with Gasteiger partial charge in [-0.3, -0.25) is 4.79 Å². The van der Waals surface area contributed by atoms with Gasteiger partial charge in [-0.25, -0.2) is 9.37 Å². The van der Waals surface area contributed by atoms with Crippen LogP contribution in [0, 0.1) is 12.7 Å². The number of fused-ring (bicyclic) bond motifs is 1. The Hall–Kier alpha value is -2.95. The van der Waals surface area contributed by atoms with Crippen molar-refractivity contribution in [3.63, 3.8) is 0 Å². The molecule has 5 heteroatoms. The van der Waals surface area contributed by atoms with Gasteiger partial charge in [-0.1, -0.05) is 12.1 Å². The highest BCUT2D eigenvalue weighted by Crippen LogP contribution is 2.16. The lowest BCUT2D eigenvalue weighted by atomic mass is 10.2. The summed E-state index contributed by atoms with van der Waals surface area (Å²) >= 11 is 0. The Morgan fingerprint density at radius 2 is 2.00 bits per heavy atom. The number of carbonyl (C=O) groups is 1. The summed E-state index contributed by atoms with van der Waals surface area (Å²) in [6.07, 6.45) is 6.61. The Balaban J connectivity index is 1.75. The average Bonchev–Trinajstić information content (AvgIpc) is 2.99. The molecule has 3 rings (SSSR count). The molecule has 0 aliphatic rings. The summed E-state index contributed by atoms with van der Waals surface area (Å²) in [6, 6.07) is 9.60. The van der Waals surface area contributed by atoms with E-state index < -0.39 is 0 Å². The number of hydrogen-bond acceptors (Lipinski definition) is 2. The molecule has 0 fully saturated rings. The van der Waals surface area contributed by atoms with E-state index in [1.165, 1.54) is 18.2 Å². The number of anilines is 1. The Kier molecular flexibility index (Phi) is 3.70. The minimum absolute atomic E-state index is 0.244. The zero-order valence-corrected chi connectivity index (χ0v) is 12.0. The van der Waals surface area contributed by atoms with Crippen LogP contribution in [0.3, 0.4) is 0 Å². The van der Waals surface area contributed by atoms with Crippen molar-refractivity contribution in [2.45, 2.75) is 6.92 Å². The lowest BCUT2D eigenvalue weighted by molar-refractivity contribution is -0.111. The first kappa shape index (κ1) is 14.0. The lowest BCUT2D eigenvalue weighted by Gasteiger charge is -2.08. The molecule has 0 aliphatic heterocycles. The first-order valence-electron chi connectivity index (χ1n) is 6.81. The van der Waals surface area contributed by atoms with Crippen molar-refractivity contribution in [2.75, 3.05) is 5.32 Å². The van der Waals surface area contributed by atoms with E-state index in [9.17, 15) is 9.18 Å². The predicted octanol–water partition coefficient (Wildman–Crippen LogP) is 3.43. The van der Waals surface area contributed by atoms with Crippen molar-refractivity contribution in [2.24, 2.45) is 0 Å². The van der Waals surface area contributed by atoms with E-state index in [1.54, 1.807) is 24.4 Å². The van der Waals surface area contributed by atoms with Gasteiger partial charge in [0.1, 0.15) is 11.5 Å². The quantitative estimate of drug-likeness (QED) is 0.752. The number of aryl methyl sites for hydroxylation is 1. The maximum atomic E-state index is 12.8. The molecule has 2 heterocycles. The molecule has 4 nitrogen and oxygen atoms in total. The van der Waals surface area contributed by atoms with Crippen LogP contribution in [-0.2, 0) is 4.79 Å². The van der Waals surface area contributed by atoms with Crippen LogP contribution in [0.2, 0.25) is 0 Å². The summed E-state index contributed by atoms with van der Waals surface area (Å²) in [5.74, 6) is -0.544. The number of carbonyl (C=O) groups excluding carboxylic acids is 1. The van der Waals surface area contributed by atoms with E-state index in [2.05, 4.69) is 10.3 Å². The van der Waals surface area contributed by atoms with Crippen LogP contribution in [-0.4, -0.2) is 15.3 Å². The number of hydrogen-bond donors (Lipinski definition) is 1. The molecule has 2 aromatic heterocycles. The standard InChI is InChI=1S/C17H14FN3O/c1-12-15(7-8-16-19-10-11-21(12)16)20-17(22)9-4-13-2-5-14(18)6-3-13/h2-11H,1H3,(H,20,22)/b9-4+. The Labute approximate surface area is 126 Å². The van der Waals surface area contributed by atoms with Crippen molar-refractivity contribution >= 4 is 23.3 Å². The summed E-state index contributed by atoms with van der Waals surface area (Å²) in [5, 5.41) is 2.83. The molecule has 0 saturated heterocycles. The van der Waals surface area contributed by atoms with E-state index in [-0.39, 0.29) is 11.7 Å². The summed E-state index contributed by atoms with van der Waals surface area (Å²) in [6.45, 7) is 1.91. The largest absolute Gasteiger partial charge is 0.321 e. The Bertz CT molecular complexity index is 850. The minimum atomic E-state index is -0.300. The molecule has 1 N–H and O–H groups in total. The highest BCUT2D eigenvalue weighted by Gasteiger charge is 2.05. The number of pyridine rings is 1. The molecular weight excluding hydrogens is 281 g/mol. The second kappa shape index (κ2) is 5.81. The molecule has 0 aliphatic carbocycles. The number of nitrogens with one attached hydrogen (secondary N) is 1. The van der Waals surface area contributed by atoms with Crippen LogP contribution in [0.1, 0.15) is 11.3 Å². The maximum Gasteiger partial charge on any atom is 0.248 e. The monoisotopic (exact) mass is 295 g/mol. The van der Waals surface area contributed by atoms with Gasteiger partial charge in [0.15, 0.2) is 0 Å². The molecule has 0 saturated carbocycles. The molecule has 1 aromatic carbocycles. The average molecular weight is 295 g/mol. The molecular formula is C17H14FN3O. The third kappa shape index (κ3) is 2.88. The van der Waals surface area contributed by atoms with E-state index in [4.69, 9.17) is 0 Å². The van der Waals surface area contributed by atoms with Crippen molar-refractivity contribution in [3.05, 3.63) is 71.9 Å². The molecule has 0 unspecified atom stereocenters. The van der Waals surface area contributed by atoms with E-state index in [0.29, 0.717) is 0 Å². The fourth-order valence-corrected chi connectivity index (χ4v) is 2.18. The van der Waals surface area contributed by atoms with Crippen molar-refractivity contribution in [1.29, 1.82) is 0 Å². The smallest absolute Gasteiger partial charge is 0.248 e. The SMILES string of the molecule is Cc1c(NC(=O)/C=C/c2ccc(F)cc2)ccc2nccn12. The molecule has 22 heavy (non-hydrogen) atoms. The highest BCUT2D eigenvalue weighted by atomic mass is 19.1. The van der Waals surface area contributed by atoms with Crippen LogP contribution in [0.15, 0.2) is 54.9 Å². The van der Waals surface area contributed by atoms with Gasteiger partial charge < -0.3 is 9.72 Å². The topological polar surface area (TPSA) is 46.4 Å². The fourth-order valence-electron chi connectivity index (χ4n) is 2.18. The van der Waals surface area contributed by atoms with Gasteiger partial charge in [-0.05, 0) is 42.8 Å². The number of nitrogens with zero attached hydrogens (tertiary/aromatic N) is 2. The first-order valence-corrected chi connectivity index (χ1v) is 6.81. The summed E-state index contributed by atoms with van der Waals surface area (Å²) in [4.78, 5) is 16.2. The number of rotatable bonds is 3. The zero-order valence-electron chi connectivity index (χ0n) is 12.0. The Morgan fingerprint density at radius 1 is 1.23 bits per heavy atom. The molecule has 0 radical (unpaired) electrons. The van der Waals surface area contributed by atoms with Gasteiger partial charge in [0.2, 0.25) is 5.91 Å². The molecule has 1 amide bonds. The minimum Gasteiger partial charge on any atom is -0.321 e. The second-order valence-electron chi connectivity index (χ2n) is 4.86. The summed E-state index contributed by atoms with van der Waals surface area (Å²) in [7, 11) is 0. The van der Waals surface area contributed by atoms with Gasteiger partial charge >= 0.3 is 0 Å². The lowest BCUT2D eigenvalue weighted by Crippen LogP contribution is -2.10. The van der Waals surface area contributed by atoms with Crippen LogP contribution >= 0.6 is 0 Å². The molecule has 0 spiro atoms. The van der Waals surface area contributed by atoms with Gasteiger partial charge in [-0.2, -0.15) is 0 Å². The molecule has 0 bridgehead atoms. The van der Waals surface area contributed by atoms with Crippen LogP contribution < -0.4 is 5.32 Å². The summed E-state index contributed by atoms with van der Waals surface area (Å²) < 4.78 is 14.7. The zero-order chi connectivity index (χ0) is 15.5. The van der Waals surface area contributed by atoms with Gasteiger partial charge in [-0.15, -0.1) is 0 Å². The third-order valence-electron chi connectivity index (χ3n) is 3.37. The predicted molar refractivity (Wildman–Crippen MR) is 84.0 cm³/mol. The van der Waals surface area contributed by atoms with Gasteiger partial charge in [0.05, 0.1) is 5.69 Å². The van der Waals surface area contributed by atoms with Crippen molar-refractivity contribution in [3.8, 4) is 0 Å². The first-order chi connectivity index (χ1) is 10.6. The van der Waals surface area contributed by atoms with Crippen LogP contribution in [0.25, 0.3) is 11.7 Å². The normalized spacial score (nSPS) is 11.2. The number of halogens is 1. The maximum absolute atomic E-state index is 12.8. The van der Waals surface area contributed by atoms with Crippen molar-refractivity contribution in [1.82, 2.24) is 9.38 Å². The number of imidazole rings is 1.